The molecule has 0 spiro atoms. The summed E-state index contributed by atoms with van der Waals surface area (Å²) in [5, 5.41) is 0. The van der Waals surface area contributed by atoms with Crippen LogP contribution in [0.2, 0.25) is 0 Å². The molecule has 4 heteroatoms. The number of aryl methyl sites for hydroxylation is 2. The Balaban J connectivity index is 1.35. The third kappa shape index (κ3) is 5.30. The first kappa shape index (κ1) is 30.2. The molecule has 2 aromatic heterocycles. The van der Waals surface area contributed by atoms with Gasteiger partial charge in [0.1, 0.15) is 0 Å². The van der Waals surface area contributed by atoms with Gasteiger partial charge in [0.05, 0.1) is 18.0 Å². The maximum absolute atomic E-state index is 7.85. The van der Waals surface area contributed by atoms with Crippen LogP contribution in [0, 0.1) is 20.4 Å². The summed E-state index contributed by atoms with van der Waals surface area (Å²) in [7, 11) is 0. The minimum absolute atomic E-state index is 0.235. The largest absolute Gasteiger partial charge is 0.258 e. The first-order valence-electron chi connectivity index (χ1n) is 16.6. The second-order valence-electron chi connectivity index (χ2n) is 13.3. The summed E-state index contributed by atoms with van der Waals surface area (Å²) in [5.41, 5.74) is 16.2. The number of aromatic nitrogens is 3. The lowest BCUT2D eigenvalue weighted by molar-refractivity contribution is 0.661. The number of rotatable bonds is 5. The SMILES string of the molecule is [C-]#[N+]c1cccc2c1-c1ccc(-c3cc(-c4cc(-c5ccccc5)nc(-c5ccccc5)n4)cc(-c4ccc(C)nc4C)c3)cc1C2(C)C. The molecule has 4 nitrogen and oxygen atoms in total. The van der Waals surface area contributed by atoms with Gasteiger partial charge in [-0.25, -0.2) is 14.8 Å². The molecule has 1 aliphatic rings. The molecule has 0 saturated heterocycles. The third-order valence-electron chi connectivity index (χ3n) is 9.72. The predicted molar refractivity (Wildman–Crippen MR) is 200 cm³/mol. The van der Waals surface area contributed by atoms with Gasteiger partial charge in [0.15, 0.2) is 11.5 Å². The Kier molecular flexibility index (Phi) is 7.27. The fourth-order valence-corrected chi connectivity index (χ4v) is 7.20. The summed E-state index contributed by atoms with van der Waals surface area (Å²) in [4.78, 5) is 18.9. The Morgan fingerprint density at radius 3 is 1.88 bits per heavy atom. The van der Waals surface area contributed by atoms with Crippen LogP contribution in [0.1, 0.15) is 36.4 Å². The Bertz CT molecular complexity index is 2380. The smallest absolute Gasteiger partial charge is 0.195 e. The summed E-state index contributed by atoms with van der Waals surface area (Å²) in [5.74, 6) is 0.685. The van der Waals surface area contributed by atoms with Crippen LogP contribution >= 0.6 is 0 Å². The molecule has 0 N–H and O–H groups in total. The van der Waals surface area contributed by atoms with Crippen molar-refractivity contribution < 1.29 is 0 Å². The minimum Gasteiger partial charge on any atom is -0.258 e. The third-order valence-corrected chi connectivity index (χ3v) is 9.72. The molecule has 0 atom stereocenters. The van der Waals surface area contributed by atoms with E-state index in [1.807, 2.05) is 55.5 Å². The lowest BCUT2D eigenvalue weighted by Crippen LogP contribution is -2.14. The average molecular weight is 631 g/mol. The maximum atomic E-state index is 7.85. The van der Waals surface area contributed by atoms with Gasteiger partial charge in [0, 0.05) is 39.1 Å². The second kappa shape index (κ2) is 11.8. The lowest BCUT2D eigenvalue weighted by Gasteiger charge is -2.22. The Morgan fingerprint density at radius 2 is 1.16 bits per heavy atom. The Labute approximate surface area is 287 Å². The van der Waals surface area contributed by atoms with Crippen molar-refractivity contribution >= 4 is 5.69 Å². The van der Waals surface area contributed by atoms with Gasteiger partial charge >= 0.3 is 0 Å². The van der Waals surface area contributed by atoms with E-state index < -0.39 is 0 Å². The molecule has 0 bridgehead atoms. The Hall–Kier alpha value is -6.18. The van der Waals surface area contributed by atoms with Crippen molar-refractivity contribution in [1.29, 1.82) is 0 Å². The maximum Gasteiger partial charge on any atom is 0.195 e. The van der Waals surface area contributed by atoms with E-state index >= 15 is 0 Å². The quantitative estimate of drug-likeness (QED) is 0.178. The first-order chi connectivity index (χ1) is 23.8. The van der Waals surface area contributed by atoms with Crippen LogP contribution < -0.4 is 0 Å². The van der Waals surface area contributed by atoms with Crippen molar-refractivity contribution in [3.8, 4) is 67.3 Å². The second-order valence-corrected chi connectivity index (χ2v) is 13.3. The van der Waals surface area contributed by atoms with Crippen molar-refractivity contribution in [2.24, 2.45) is 0 Å². The molecule has 0 radical (unpaired) electrons. The van der Waals surface area contributed by atoms with Gasteiger partial charge < -0.3 is 0 Å². The van der Waals surface area contributed by atoms with E-state index in [9.17, 15) is 0 Å². The number of hydrogen-bond acceptors (Lipinski definition) is 3. The predicted octanol–water partition coefficient (Wildman–Crippen LogP) is 11.7. The molecule has 7 aromatic rings. The van der Waals surface area contributed by atoms with Crippen LogP contribution in [0.15, 0.2) is 133 Å². The van der Waals surface area contributed by atoms with Crippen LogP contribution in [0.5, 0.6) is 0 Å². The van der Waals surface area contributed by atoms with E-state index in [4.69, 9.17) is 21.5 Å². The van der Waals surface area contributed by atoms with Crippen LogP contribution in [0.25, 0.3) is 72.1 Å². The molecule has 234 valence electrons. The Morgan fingerprint density at radius 1 is 0.510 bits per heavy atom. The molecular weight excluding hydrogens is 597 g/mol. The fourth-order valence-electron chi connectivity index (χ4n) is 7.20. The van der Waals surface area contributed by atoms with E-state index in [-0.39, 0.29) is 5.41 Å². The molecule has 5 aromatic carbocycles. The zero-order valence-electron chi connectivity index (χ0n) is 28.0. The van der Waals surface area contributed by atoms with E-state index in [2.05, 4.69) is 111 Å². The van der Waals surface area contributed by atoms with Crippen LogP contribution in [0.3, 0.4) is 0 Å². The van der Waals surface area contributed by atoms with Gasteiger partial charge in [0.2, 0.25) is 0 Å². The summed E-state index contributed by atoms with van der Waals surface area (Å²) in [6.45, 7) is 16.5. The number of hydrogen-bond donors (Lipinski definition) is 0. The van der Waals surface area contributed by atoms with Crippen molar-refractivity contribution in [1.82, 2.24) is 15.0 Å². The average Bonchev–Trinajstić information content (AvgIpc) is 3.37. The molecular formula is C45H34N4. The monoisotopic (exact) mass is 630 g/mol. The van der Waals surface area contributed by atoms with Crippen LogP contribution in [-0.4, -0.2) is 15.0 Å². The summed E-state index contributed by atoms with van der Waals surface area (Å²) in [6.07, 6.45) is 0. The number of fused-ring (bicyclic) bond motifs is 3. The van der Waals surface area contributed by atoms with Gasteiger partial charge in [0.25, 0.3) is 0 Å². The topological polar surface area (TPSA) is 43.0 Å². The highest BCUT2D eigenvalue weighted by atomic mass is 14.9. The lowest BCUT2D eigenvalue weighted by atomic mass is 9.81. The number of pyridine rings is 1. The number of benzene rings is 5. The van der Waals surface area contributed by atoms with Crippen LogP contribution in [0.4, 0.5) is 5.69 Å². The molecule has 0 amide bonds. The van der Waals surface area contributed by atoms with E-state index in [0.29, 0.717) is 11.5 Å². The van der Waals surface area contributed by atoms with Gasteiger partial charge in [-0.1, -0.05) is 111 Å². The van der Waals surface area contributed by atoms with Gasteiger partial charge in [-0.05, 0) is 89.2 Å². The van der Waals surface area contributed by atoms with Crippen molar-refractivity contribution in [2.75, 3.05) is 0 Å². The molecule has 8 rings (SSSR count). The number of nitrogens with zero attached hydrogens (tertiary/aromatic N) is 4. The van der Waals surface area contributed by atoms with Crippen molar-refractivity contribution in [3.63, 3.8) is 0 Å². The van der Waals surface area contributed by atoms with Crippen LogP contribution in [-0.2, 0) is 5.41 Å². The van der Waals surface area contributed by atoms with Gasteiger partial charge in [-0.3, -0.25) is 4.98 Å². The first-order valence-corrected chi connectivity index (χ1v) is 16.6. The molecule has 0 fully saturated rings. The van der Waals surface area contributed by atoms with Gasteiger partial charge in [-0.2, -0.15) is 0 Å². The van der Waals surface area contributed by atoms with E-state index in [1.54, 1.807) is 0 Å². The zero-order chi connectivity index (χ0) is 33.7. The summed E-state index contributed by atoms with van der Waals surface area (Å²) >= 11 is 0. The molecule has 1 aliphatic carbocycles. The standard InChI is InChI=1S/C45H34N4/c1-28-19-21-36(29(2)47-28)34-23-33(32-20-22-37-39(26-32)45(3,4)38-17-12-18-40(46-5)43(37)38)24-35(25-34)42-27-41(30-13-8-6-9-14-30)48-44(49-42)31-15-10-7-11-16-31/h6-27H,1-4H3. The molecule has 49 heavy (non-hydrogen) atoms. The van der Waals surface area contributed by atoms with E-state index in [1.165, 1.54) is 11.1 Å². The fraction of sp³-hybridized carbons (Fsp3) is 0.111. The van der Waals surface area contributed by atoms with E-state index in [0.717, 1.165) is 72.8 Å². The molecule has 0 saturated carbocycles. The molecule has 0 aliphatic heterocycles. The summed E-state index contributed by atoms with van der Waals surface area (Å²) in [6, 6.07) is 46.3. The zero-order valence-corrected chi connectivity index (χ0v) is 28.0. The molecule has 0 unspecified atom stereocenters. The van der Waals surface area contributed by atoms with Gasteiger partial charge in [-0.15, -0.1) is 0 Å². The highest BCUT2D eigenvalue weighted by molar-refractivity contribution is 5.92. The normalized spacial score (nSPS) is 12.6. The summed E-state index contributed by atoms with van der Waals surface area (Å²) < 4.78 is 0. The highest BCUT2D eigenvalue weighted by Crippen LogP contribution is 2.53. The minimum atomic E-state index is -0.235. The van der Waals surface area contributed by atoms with Crippen molar-refractivity contribution in [3.05, 3.63) is 167 Å². The highest BCUT2D eigenvalue weighted by Gasteiger charge is 2.36. The molecule has 2 heterocycles. The van der Waals surface area contributed by atoms with Crippen molar-refractivity contribution in [2.45, 2.75) is 33.1 Å².